The lowest BCUT2D eigenvalue weighted by atomic mass is 10.4. The maximum Gasteiger partial charge on any atom is 0.155 e. The van der Waals surface area contributed by atoms with Crippen molar-refractivity contribution in [1.29, 1.82) is 0 Å². The zero-order valence-electron chi connectivity index (χ0n) is 12.8. The summed E-state index contributed by atoms with van der Waals surface area (Å²) in [5.41, 5.74) is 0. The molecule has 1 fully saturated rings. The molecule has 0 aromatic carbocycles. The molecule has 0 saturated heterocycles. The Bertz CT molecular complexity index is 783. The molecule has 1 aliphatic carbocycles. The summed E-state index contributed by atoms with van der Waals surface area (Å²) in [6.07, 6.45) is 5.98. The highest BCUT2D eigenvalue weighted by Gasteiger charge is 2.30. The SMILES string of the molecule is C[C@@H](Sc1ccccn1)c1nc(C2CC2)nn1-c1ccccn1. The quantitative estimate of drug-likeness (QED) is 0.669. The van der Waals surface area contributed by atoms with Crippen LogP contribution in [0.25, 0.3) is 5.82 Å². The normalized spacial score (nSPS) is 15.5. The first-order valence-corrected chi connectivity index (χ1v) is 8.65. The first-order valence-electron chi connectivity index (χ1n) is 7.77. The second-order valence-electron chi connectivity index (χ2n) is 5.63. The number of rotatable bonds is 5. The van der Waals surface area contributed by atoms with E-state index in [2.05, 4.69) is 16.9 Å². The zero-order valence-corrected chi connectivity index (χ0v) is 13.6. The Kier molecular flexibility index (Phi) is 3.83. The van der Waals surface area contributed by atoms with Crippen LogP contribution < -0.4 is 0 Å². The van der Waals surface area contributed by atoms with Crippen LogP contribution in [0.5, 0.6) is 0 Å². The van der Waals surface area contributed by atoms with E-state index in [4.69, 9.17) is 10.1 Å². The maximum atomic E-state index is 4.81. The lowest BCUT2D eigenvalue weighted by Gasteiger charge is -2.11. The van der Waals surface area contributed by atoms with Crippen LogP contribution in [-0.4, -0.2) is 24.7 Å². The molecular formula is C17H17N5S. The van der Waals surface area contributed by atoms with Crippen molar-refractivity contribution in [3.8, 4) is 5.82 Å². The standard InChI is InChI=1S/C17H17N5S/c1-12(23-15-7-3-5-11-19-15)17-20-16(13-8-9-13)21-22(17)14-6-2-4-10-18-14/h2-7,10-13H,8-9H2,1H3/t12-/m1/s1. The third kappa shape index (κ3) is 3.12. The molecule has 0 radical (unpaired) electrons. The molecule has 0 bridgehead atoms. The van der Waals surface area contributed by atoms with Gasteiger partial charge in [0.25, 0.3) is 0 Å². The van der Waals surface area contributed by atoms with Gasteiger partial charge in [0.2, 0.25) is 0 Å². The van der Waals surface area contributed by atoms with Gasteiger partial charge in [0, 0.05) is 18.3 Å². The maximum absolute atomic E-state index is 4.81. The van der Waals surface area contributed by atoms with Gasteiger partial charge in [0.05, 0.1) is 10.3 Å². The van der Waals surface area contributed by atoms with Gasteiger partial charge in [-0.05, 0) is 44.0 Å². The average Bonchev–Trinajstić information content (AvgIpc) is 3.35. The van der Waals surface area contributed by atoms with E-state index >= 15 is 0 Å². The molecule has 116 valence electrons. The van der Waals surface area contributed by atoms with E-state index < -0.39 is 0 Å². The van der Waals surface area contributed by atoms with Crippen LogP contribution in [0.15, 0.2) is 53.8 Å². The number of nitrogens with zero attached hydrogens (tertiary/aromatic N) is 5. The fraction of sp³-hybridized carbons (Fsp3) is 0.294. The Morgan fingerprint density at radius 3 is 2.52 bits per heavy atom. The van der Waals surface area contributed by atoms with E-state index in [9.17, 15) is 0 Å². The van der Waals surface area contributed by atoms with Crippen LogP contribution in [0.2, 0.25) is 0 Å². The molecule has 3 aromatic heterocycles. The molecule has 0 spiro atoms. The minimum atomic E-state index is 0.145. The number of thioether (sulfide) groups is 1. The Morgan fingerprint density at radius 1 is 1.09 bits per heavy atom. The lowest BCUT2D eigenvalue weighted by molar-refractivity contribution is 0.762. The molecule has 0 unspecified atom stereocenters. The smallest absolute Gasteiger partial charge is 0.155 e. The molecule has 5 nitrogen and oxygen atoms in total. The minimum absolute atomic E-state index is 0.145. The number of pyridine rings is 2. The number of aromatic nitrogens is 5. The Balaban J connectivity index is 1.68. The first kappa shape index (κ1) is 14.4. The summed E-state index contributed by atoms with van der Waals surface area (Å²) in [6, 6.07) is 11.8. The van der Waals surface area contributed by atoms with Crippen molar-refractivity contribution in [3.63, 3.8) is 0 Å². The fourth-order valence-electron chi connectivity index (χ4n) is 2.42. The minimum Gasteiger partial charge on any atom is -0.250 e. The lowest BCUT2D eigenvalue weighted by Crippen LogP contribution is -2.06. The molecule has 4 rings (SSSR count). The van der Waals surface area contributed by atoms with E-state index in [1.807, 2.05) is 47.3 Å². The third-order valence-electron chi connectivity index (χ3n) is 3.76. The summed E-state index contributed by atoms with van der Waals surface area (Å²) in [5, 5.41) is 5.85. The van der Waals surface area contributed by atoms with Crippen molar-refractivity contribution in [2.75, 3.05) is 0 Å². The van der Waals surface area contributed by atoms with E-state index in [-0.39, 0.29) is 5.25 Å². The molecule has 3 aromatic rings. The monoisotopic (exact) mass is 323 g/mol. The summed E-state index contributed by atoms with van der Waals surface area (Å²) < 4.78 is 1.88. The second-order valence-corrected chi connectivity index (χ2v) is 6.99. The summed E-state index contributed by atoms with van der Waals surface area (Å²) >= 11 is 1.69. The average molecular weight is 323 g/mol. The molecular weight excluding hydrogens is 306 g/mol. The largest absolute Gasteiger partial charge is 0.250 e. The highest BCUT2D eigenvalue weighted by molar-refractivity contribution is 7.99. The van der Waals surface area contributed by atoms with Crippen molar-refractivity contribution < 1.29 is 0 Å². The summed E-state index contributed by atoms with van der Waals surface area (Å²) in [5.74, 6) is 3.21. The Morgan fingerprint density at radius 2 is 1.87 bits per heavy atom. The summed E-state index contributed by atoms with van der Waals surface area (Å²) in [7, 11) is 0. The van der Waals surface area contributed by atoms with Gasteiger partial charge in [0.1, 0.15) is 5.82 Å². The van der Waals surface area contributed by atoms with Crippen molar-refractivity contribution in [2.24, 2.45) is 0 Å². The molecule has 1 atom stereocenters. The molecule has 3 heterocycles. The van der Waals surface area contributed by atoms with Crippen molar-refractivity contribution in [3.05, 3.63) is 60.4 Å². The Labute approximate surface area is 139 Å². The van der Waals surface area contributed by atoms with Crippen LogP contribution in [0.4, 0.5) is 0 Å². The van der Waals surface area contributed by atoms with Gasteiger partial charge in [-0.3, -0.25) is 0 Å². The molecule has 1 saturated carbocycles. The topological polar surface area (TPSA) is 56.5 Å². The van der Waals surface area contributed by atoms with Crippen LogP contribution in [0, 0.1) is 0 Å². The van der Waals surface area contributed by atoms with Crippen molar-refractivity contribution in [1.82, 2.24) is 24.7 Å². The van der Waals surface area contributed by atoms with Gasteiger partial charge in [0.15, 0.2) is 11.6 Å². The van der Waals surface area contributed by atoms with Gasteiger partial charge in [-0.2, -0.15) is 4.68 Å². The number of hydrogen-bond donors (Lipinski definition) is 0. The van der Waals surface area contributed by atoms with Gasteiger partial charge in [-0.15, -0.1) is 5.10 Å². The summed E-state index contributed by atoms with van der Waals surface area (Å²) in [6.45, 7) is 2.14. The zero-order chi connectivity index (χ0) is 15.6. The molecule has 0 aliphatic heterocycles. The summed E-state index contributed by atoms with van der Waals surface area (Å²) in [4.78, 5) is 13.6. The molecule has 0 N–H and O–H groups in total. The van der Waals surface area contributed by atoms with Crippen LogP contribution in [-0.2, 0) is 0 Å². The third-order valence-corrected chi connectivity index (χ3v) is 4.80. The second kappa shape index (κ2) is 6.12. The van der Waals surface area contributed by atoms with E-state index in [1.54, 1.807) is 18.0 Å². The van der Waals surface area contributed by atoms with Crippen LogP contribution >= 0.6 is 11.8 Å². The van der Waals surface area contributed by atoms with Gasteiger partial charge >= 0.3 is 0 Å². The van der Waals surface area contributed by atoms with Crippen LogP contribution in [0.3, 0.4) is 0 Å². The van der Waals surface area contributed by atoms with Crippen molar-refractivity contribution in [2.45, 2.75) is 36.0 Å². The highest BCUT2D eigenvalue weighted by atomic mass is 32.2. The van der Waals surface area contributed by atoms with Gasteiger partial charge in [-0.1, -0.05) is 23.9 Å². The molecule has 1 aliphatic rings. The van der Waals surface area contributed by atoms with E-state index in [0.29, 0.717) is 5.92 Å². The highest BCUT2D eigenvalue weighted by Crippen LogP contribution is 2.40. The van der Waals surface area contributed by atoms with E-state index in [0.717, 1.165) is 22.5 Å². The number of hydrogen-bond acceptors (Lipinski definition) is 5. The van der Waals surface area contributed by atoms with E-state index in [1.165, 1.54) is 12.8 Å². The van der Waals surface area contributed by atoms with Gasteiger partial charge in [-0.25, -0.2) is 15.0 Å². The predicted octanol–water partition coefficient (Wildman–Crippen LogP) is 3.79. The Hall–Kier alpha value is -2.21. The fourth-order valence-corrected chi connectivity index (χ4v) is 3.32. The van der Waals surface area contributed by atoms with Crippen molar-refractivity contribution >= 4 is 11.8 Å². The molecule has 6 heteroatoms. The first-order chi connectivity index (χ1) is 11.3. The predicted molar refractivity (Wildman–Crippen MR) is 89.6 cm³/mol. The molecule has 23 heavy (non-hydrogen) atoms. The van der Waals surface area contributed by atoms with Crippen LogP contribution in [0.1, 0.15) is 42.6 Å². The van der Waals surface area contributed by atoms with Gasteiger partial charge < -0.3 is 0 Å². The molecule has 0 amide bonds.